The van der Waals surface area contributed by atoms with Gasteiger partial charge < -0.3 is 10.2 Å². The molecule has 0 fully saturated rings. The van der Waals surface area contributed by atoms with Crippen molar-refractivity contribution in [2.45, 2.75) is 19.9 Å². The third-order valence-electron chi connectivity index (χ3n) is 3.55. The molecule has 4 nitrogen and oxygen atoms in total. The zero-order chi connectivity index (χ0) is 16.8. The zero-order valence-corrected chi connectivity index (χ0v) is 13.2. The Labute approximate surface area is 134 Å². The molecule has 0 saturated heterocycles. The molecular formula is C18H19FN2O2. The van der Waals surface area contributed by atoms with Gasteiger partial charge in [0.15, 0.2) is 0 Å². The summed E-state index contributed by atoms with van der Waals surface area (Å²) in [4.78, 5) is 25.1. The lowest BCUT2D eigenvalue weighted by Crippen LogP contribution is -2.24. The number of nitrogens with one attached hydrogen (secondary N) is 1. The number of halogens is 1. The van der Waals surface area contributed by atoms with Gasteiger partial charge in [0.1, 0.15) is 5.82 Å². The predicted molar refractivity (Wildman–Crippen MR) is 87.3 cm³/mol. The van der Waals surface area contributed by atoms with Crippen molar-refractivity contribution >= 4 is 17.5 Å². The standard InChI is InChI=1S/C18H19FN2O2/c1-13(22)21(2)12-15-8-4-6-10-17(15)20-18(23)11-14-7-3-5-9-16(14)19/h3-10H,11-12H2,1-2H3,(H,20,23). The van der Waals surface area contributed by atoms with Crippen LogP contribution in [0.5, 0.6) is 0 Å². The van der Waals surface area contributed by atoms with E-state index in [4.69, 9.17) is 0 Å². The molecule has 0 aliphatic rings. The molecule has 120 valence electrons. The minimum atomic E-state index is -0.396. The summed E-state index contributed by atoms with van der Waals surface area (Å²) in [5, 5.41) is 2.79. The molecule has 0 spiro atoms. The van der Waals surface area contributed by atoms with E-state index in [0.29, 0.717) is 17.8 Å². The average molecular weight is 314 g/mol. The highest BCUT2D eigenvalue weighted by Gasteiger charge is 2.12. The highest BCUT2D eigenvalue weighted by atomic mass is 19.1. The maximum absolute atomic E-state index is 13.6. The second-order valence-corrected chi connectivity index (χ2v) is 5.35. The van der Waals surface area contributed by atoms with Crippen LogP contribution < -0.4 is 5.32 Å². The first kappa shape index (κ1) is 16.7. The summed E-state index contributed by atoms with van der Waals surface area (Å²) in [5.74, 6) is -0.752. The quantitative estimate of drug-likeness (QED) is 0.922. The number of rotatable bonds is 5. The summed E-state index contributed by atoms with van der Waals surface area (Å²) >= 11 is 0. The van der Waals surface area contributed by atoms with E-state index in [9.17, 15) is 14.0 Å². The highest BCUT2D eigenvalue weighted by molar-refractivity contribution is 5.93. The number of para-hydroxylation sites is 1. The fourth-order valence-corrected chi connectivity index (χ4v) is 2.16. The van der Waals surface area contributed by atoms with Gasteiger partial charge in [0.25, 0.3) is 0 Å². The molecule has 0 atom stereocenters. The van der Waals surface area contributed by atoms with Crippen molar-refractivity contribution in [3.8, 4) is 0 Å². The molecule has 0 saturated carbocycles. The fraction of sp³-hybridized carbons (Fsp3) is 0.222. The Hall–Kier alpha value is -2.69. The molecule has 0 bridgehead atoms. The van der Waals surface area contributed by atoms with Gasteiger partial charge in [0.2, 0.25) is 11.8 Å². The molecule has 0 aliphatic carbocycles. The van der Waals surface area contributed by atoms with E-state index in [2.05, 4.69) is 5.32 Å². The Morgan fingerprint density at radius 1 is 1.04 bits per heavy atom. The van der Waals surface area contributed by atoms with Gasteiger partial charge in [-0.15, -0.1) is 0 Å². The van der Waals surface area contributed by atoms with Crippen molar-refractivity contribution in [2.75, 3.05) is 12.4 Å². The van der Waals surface area contributed by atoms with Crippen LogP contribution in [0, 0.1) is 5.82 Å². The molecule has 2 rings (SSSR count). The number of hydrogen-bond donors (Lipinski definition) is 1. The van der Waals surface area contributed by atoms with E-state index in [0.717, 1.165) is 5.56 Å². The van der Waals surface area contributed by atoms with Crippen LogP contribution in [-0.2, 0) is 22.6 Å². The van der Waals surface area contributed by atoms with Gasteiger partial charge >= 0.3 is 0 Å². The number of nitrogens with zero attached hydrogens (tertiary/aromatic N) is 1. The molecule has 2 aromatic carbocycles. The monoisotopic (exact) mass is 314 g/mol. The van der Waals surface area contributed by atoms with Crippen LogP contribution in [0.1, 0.15) is 18.1 Å². The third-order valence-corrected chi connectivity index (χ3v) is 3.55. The van der Waals surface area contributed by atoms with Gasteiger partial charge in [0, 0.05) is 26.2 Å². The van der Waals surface area contributed by atoms with Crippen molar-refractivity contribution in [1.82, 2.24) is 4.90 Å². The first-order chi connectivity index (χ1) is 11.0. The number of benzene rings is 2. The largest absolute Gasteiger partial charge is 0.342 e. The number of anilines is 1. The third kappa shape index (κ3) is 4.64. The average Bonchev–Trinajstić information content (AvgIpc) is 2.51. The molecule has 0 aromatic heterocycles. The van der Waals surface area contributed by atoms with Gasteiger partial charge in [-0.1, -0.05) is 36.4 Å². The van der Waals surface area contributed by atoms with Crippen LogP contribution in [0.3, 0.4) is 0 Å². The first-order valence-electron chi connectivity index (χ1n) is 7.30. The second-order valence-electron chi connectivity index (χ2n) is 5.35. The Bertz CT molecular complexity index is 716. The Kier molecular flexibility index (Phi) is 5.46. The van der Waals surface area contributed by atoms with Gasteiger partial charge in [0.05, 0.1) is 6.42 Å². The molecule has 2 aromatic rings. The van der Waals surface area contributed by atoms with Crippen LogP contribution in [0.15, 0.2) is 48.5 Å². The van der Waals surface area contributed by atoms with Crippen molar-refractivity contribution in [3.63, 3.8) is 0 Å². The van der Waals surface area contributed by atoms with Crippen LogP contribution in [0.25, 0.3) is 0 Å². The number of hydrogen-bond acceptors (Lipinski definition) is 2. The van der Waals surface area contributed by atoms with Crippen molar-refractivity contribution in [2.24, 2.45) is 0 Å². The van der Waals surface area contributed by atoms with E-state index >= 15 is 0 Å². The lowest BCUT2D eigenvalue weighted by molar-refractivity contribution is -0.128. The van der Waals surface area contributed by atoms with Crippen molar-refractivity contribution in [1.29, 1.82) is 0 Å². The number of carbonyl (C=O) groups is 2. The maximum atomic E-state index is 13.6. The summed E-state index contributed by atoms with van der Waals surface area (Å²) in [7, 11) is 1.69. The summed E-state index contributed by atoms with van der Waals surface area (Å²) in [6.45, 7) is 1.88. The van der Waals surface area contributed by atoms with E-state index in [1.165, 1.54) is 13.0 Å². The Morgan fingerprint density at radius 3 is 2.30 bits per heavy atom. The summed E-state index contributed by atoms with van der Waals surface area (Å²) < 4.78 is 13.6. The molecule has 0 radical (unpaired) electrons. The molecular weight excluding hydrogens is 295 g/mol. The molecule has 1 N–H and O–H groups in total. The molecule has 0 heterocycles. The Morgan fingerprint density at radius 2 is 1.65 bits per heavy atom. The van der Waals surface area contributed by atoms with Gasteiger partial charge in [-0.3, -0.25) is 9.59 Å². The van der Waals surface area contributed by atoms with Crippen LogP contribution in [-0.4, -0.2) is 23.8 Å². The van der Waals surface area contributed by atoms with E-state index < -0.39 is 5.82 Å². The predicted octanol–water partition coefficient (Wildman–Crippen LogP) is 2.99. The zero-order valence-electron chi connectivity index (χ0n) is 13.2. The highest BCUT2D eigenvalue weighted by Crippen LogP contribution is 2.17. The van der Waals surface area contributed by atoms with Crippen molar-refractivity contribution < 1.29 is 14.0 Å². The molecule has 5 heteroatoms. The van der Waals surface area contributed by atoms with Crippen LogP contribution >= 0.6 is 0 Å². The topological polar surface area (TPSA) is 49.4 Å². The second kappa shape index (κ2) is 7.54. The van der Waals surface area contributed by atoms with Gasteiger partial charge in [-0.2, -0.15) is 0 Å². The summed E-state index contributed by atoms with van der Waals surface area (Å²) in [6.07, 6.45) is -0.0381. The Balaban J connectivity index is 2.09. The summed E-state index contributed by atoms with van der Waals surface area (Å²) in [5.41, 5.74) is 1.80. The lowest BCUT2D eigenvalue weighted by Gasteiger charge is -2.18. The van der Waals surface area contributed by atoms with Gasteiger partial charge in [-0.05, 0) is 23.3 Å². The first-order valence-corrected chi connectivity index (χ1v) is 7.30. The van der Waals surface area contributed by atoms with Gasteiger partial charge in [-0.25, -0.2) is 4.39 Å². The molecule has 0 aliphatic heterocycles. The van der Waals surface area contributed by atoms with E-state index in [-0.39, 0.29) is 18.2 Å². The molecule has 0 unspecified atom stereocenters. The van der Waals surface area contributed by atoms with Crippen LogP contribution in [0.2, 0.25) is 0 Å². The maximum Gasteiger partial charge on any atom is 0.228 e. The van der Waals surface area contributed by atoms with E-state index in [1.54, 1.807) is 42.3 Å². The SMILES string of the molecule is CC(=O)N(C)Cc1ccccc1NC(=O)Cc1ccccc1F. The number of amides is 2. The molecule has 23 heavy (non-hydrogen) atoms. The lowest BCUT2D eigenvalue weighted by atomic mass is 10.1. The smallest absolute Gasteiger partial charge is 0.228 e. The van der Waals surface area contributed by atoms with Crippen LogP contribution in [0.4, 0.5) is 10.1 Å². The van der Waals surface area contributed by atoms with Crippen molar-refractivity contribution in [3.05, 3.63) is 65.5 Å². The fourth-order valence-electron chi connectivity index (χ4n) is 2.16. The minimum absolute atomic E-state index is 0.0381. The normalized spacial score (nSPS) is 10.2. The number of carbonyl (C=O) groups excluding carboxylic acids is 2. The summed E-state index contributed by atoms with van der Waals surface area (Å²) in [6, 6.07) is 13.5. The van der Waals surface area contributed by atoms with E-state index in [1.807, 2.05) is 12.1 Å². The molecule has 2 amide bonds. The minimum Gasteiger partial charge on any atom is -0.342 e.